The maximum Gasteiger partial charge on any atom is 0.339 e. The van der Waals surface area contributed by atoms with Crippen molar-refractivity contribution in [1.29, 1.82) is 0 Å². The van der Waals surface area contributed by atoms with Crippen molar-refractivity contribution in [2.45, 2.75) is 59.4 Å². The average Bonchev–Trinajstić information content (AvgIpc) is 2.77. The van der Waals surface area contributed by atoms with E-state index in [9.17, 15) is 9.59 Å². The number of aryl methyl sites for hydroxylation is 1. The van der Waals surface area contributed by atoms with E-state index >= 15 is 0 Å². The molecular weight excluding hydrogens is 292 g/mol. The van der Waals surface area contributed by atoms with Crippen LogP contribution in [0, 0.1) is 12.8 Å². The zero-order chi connectivity index (χ0) is 17.1. The predicted octanol–water partition coefficient (Wildman–Crippen LogP) is 3.32. The van der Waals surface area contributed by atoms with Crippen LogP contribution in [0.1, 0.15) is 72.1 Å². The summed E-state index contributed by atoms with van der Waals surface area (Å²) in [6, 6.07) is 0.224. The van der Waals surface area contributed by atoms with Crippen LogP contribution in [-0.4, -0.2) is 41.5 Å². The first-order chi connectivity index (χ1) is 10.9. The molecule has 0 spiro atoms. The van der Waals surface area contributed by atoms with Crippen molar-refractivity contribution in [3.63, 3.8) is 0 Å². The van der Waals surface area contributed by atoms with Crippen LogP contribution in [0.3, 0.4) is 0 Å². The van der Waals surface area contributed by atoms with Gasteiger partial charge < -0.3 is 14.6 Å². The maximum atomic E-state index is 13.1. The van der Waals surface area contributed by atoms with Crippen molar-refractivity contribution < 1.29 is 14.3 Å². The number of amides is 1. The third kappa shape index (κ3) is 3.43. The Balaban J connectivity index is 2.38. The number of H-pyrrole nitrogens is 1. The minimum atomic E-state index is -0.382. The lowest BCUT2D eigenvalue weighted by Crippen LogP contribution is -2.40. The lowest BCUT2D eigenvalue weighted by Gasteiger charge is -2.28. The van der Waals surface area contributed by atoms with Gasteiger partial charge in [-0.3, -0.25) is 4.79 Å². The third-order valence-electron chi connectivity index (χ3n) is 4.90. The second kappa shape index (κ2) is 7.20. The number of nitrogens with one attached hydrogen (secondary N) is 1. The molecule has 0 aliphatic carbocycles. The molecule has 1 aliphatic heterocycles. The minimum Gasteiger partial charge on any atom is -0.465 e. The standard InChI is InChI=1S/C18H28N2O3/c1-6-14-15(18(22)23-5)13(4)16(19-14)17(21)20-10-11(2)8-7-9-12(20)3/h11-12,19H,6-10H2,1-5H3/t11-,12+/m1/s1. The summed E-state index contributed by atoms with van der Waals surface area (Å²) >= 11 is 0. The van der Waals surface area contributed by atoms with Crippen LogP contribution in [0.4, 0.5) is 0 Å². The lowest BCUT2D eigenvalue weighted by molar-refractivity contribution is 0.0599. The molecule has 1 fully saturated rings. The smallest absolute Gasteiger partial charge is 0.339 e. The van der Waals surface area contributed by atoms with Gasteiger partial charge in [0.15, 0.2) is 0 Å². The third-order valence-corrected chi connectivity index (χ3v) is 4.90. The van der Waals surface area contributed by atoms with E-state index in [1.807, 2.05) is 18.7 Å². The molecule has 5 nitrogen and oxygen atoms in total. The highest BCUT2D eigenvalue weighted by molar-refractivity contribution is 6.00. The van der Waals surface area contributed by atoms with E-state index in [2.05, 4.69) is 18.8 Å². The Bertz CT molecular complexity index is 591. The van der Waals surface area contributed by atoms with E-state index in [1.54, 1.807) is 0 Å². The number of hydrogen-bond donors (Lipinski definition) is 1. The highest BCUT2D eigenvalue weighted by Crippen LogP contribution is 2.26. The van der Waals surface area contributed by atoms with Gasteiger partial charge in [-0.15, -0.1) is 0 Å². The fraction of sp³-hybridized carbons (Fsp3) is 0.667. The van der Waals surface area contributed by atoms with Crippen LogP contribution in [0.2, 0.25) is 0 Å². The fourth-order valence-corrected chi connectivity index (χ4v) is 3.47. The van der Waals surface area contributed by atoms with E-state index in [4.69, 9.17) is 4.74 Å². The molecule has 1 aliphatic rings. The molecule has 0 radical (unpaired) electrons. The molecule has 0 saturated carbocycles. The summed E-state index contributed by atoms with van der Waals surface area (Å²) < 4.78 is 4.87. The van der Waals surface area contributed by atoms with Gasteiger partial charge in [-0.2, -0.15) is 0 Å². The van der Waals surface area contributed by atoms with Crippen molar-refractivity contribution >= 4 is 11.9 Å². The van der Waals surface area contributed by atoms with E-state index in [-0.39, 0.29) is 17.9 Å². The Kier molecular flexibility index (Phi) is 5.50. The number of hydrogen-bond acceptors (Lipinski definition) is 3. The molecule has 1 amide bonds. The summed E-state index contributed by atoms with van der Waals surface area (Å²) in [4.78, 5) is 30.2. The predicted molar refractivity (Wildman–Crippen MR) is 89.8 cm³/mol. The SMILES string of the molecule is CCc1[nH]c(C(=O)N2C[C@H](C)CCC[C@@H]2C)c(C)c1C(=O)OC. The first-order valence-corrected chi connectivity index (χ1v) is 8.51. The van der Waals surface area contributed by atoms with E-state index < -0.39 is 0 Å². The number of rotatable bonds is 3. The van der Waals surface area contributed by atoms with Crippen LogP contribution < -0.4 is 0 Å². The van der Waals surface area contributed by atoms with Crippen molar-refractivity contribution in [3.8, 4) is 0 Å². The number of aromatic nitrogens is 1. The van der Waals surface area contributed by atoms with Gasteiger partial charge in [0.05, 0.1) is 12.7 Å². The Hall–Kier alpha value is -1.78. The van der Waals surface area contributed by atoms with Crippen molar-refractivity contribution in [2.24, 2.45) is 5.92 Å². The fourth-order valence-electron chi connectivity index (χ4n) is 3.47. The molecule has 2 heterocycles. The summed E-state index contributed by atoms with van der Waals surface area (Å²) in [5.41, 5.74) is 2.51. The van der Waals surface area contributed by atoms with Crippen molar-refractivity contribution in [3.05, 3.63) is 22.5 Å². The zero-order valence-corrected chi connectivity index (χ0v) is 14.9. The molecule has 0 unspecified atom stereocenters. The summed E-state index contributed by atoms with van der Waals surface area (Å²) in [7, 11) is 1.37. The monoisotopic (exact) mass is 320 g/mol. The van der Waals surface area contributed by atoms with E-state index in [1.165, 1.54) is 7.11 Å². The number of carbonyl (C=O) groups excluding carboxylic acids is 2. The number of methoxy groups -OCH3 is 1. The van der Waals surface area contributed by atoms with Gasteiger partial charge in [-0.25, -0.2) is 4.79 Å². The summed E-state index contributed by atoms with van der Waals surface area (Å²) in [5.74, 6) is 0.116. The molecule has 128 valence electrons. The number of ether oxygens (including phenoxy) is 1. The van der Waals surface area contributed by atoms with Gasteiger partial charge in [0.1, 0.15) is 5.69 Å². The molecule has 2 atom stereocenters. The highest BCUT2D eigenvalue weighted by atomic mass is 16.5. The Morgan fingerprint density at radius 3 is 2.61 bits per heavy atom. The van der Waals surface area contributed by atoms with Gasteiger partial charge in [-0.1, -0.05) is 20.3 Å². The second-order valence-electron chi connectivity index (χ2n) is 6.67. The Labute approximate surface area is 138 Å². The summed E-state index contributed by atoms with van der Waals surface area (Å²) in [6.07, 6.45) is 4.00. The van der Waals surface area contributed by atoms with E-state index in [0.717, 1.165) is 31.5 Å². The number of esters is 1. The molecular formula is C18H28N2O3. The van der Waals surface area contributed by atoms with Gasteiger partial charge >= 0.3 is 5.97 Å². The number of carbonyl (C=O) groups is 2. The van der Waals surface area contributed by atoms with Crippen molar-refractivity contribution in [1.82, 2.24) is 9.88 Å². The molecule has 1 saturated heterocycles. The van der Waals surface area contributed by atoms with Gasteiger partial charge in [0.2, 0.25) is 0 Å². The normalized spacial score (nSPS) is 21.9. The van der Waals surface area contributed by atoms with Crippen LogP contribution in [0.5, 0.6) is 0 Å². The largest absolute Gasteiger partial charge is 0.465 e. The molecule has 23 heavy (non-hydrogen) atoms. The molecule has 1 N–H and O–H groups in total. The second-order valence-corrected chi connectivity index (χ2v) is 6.67. The van der Waals surface area contributed by atoms with Gasteiger partial charge in [0.25, 0.3) is 5.91 Å². The number of likely N-dealkylation sites (tertiary alicyclic amines) is 1. The van der Waals surface area contributed by atoms with Crippen molar-refractivity contribution in [2.75, 3.05) is 13.7 Å². The van der Waals surface area contributed by atoms with Gasteiger partial charge in [-0.05, 0) is 44.6 Å². The Morgan fingerprint density at radius 2 is 2.00 bits per heavy atom. The van der Waals surface area contributed by atoms with Crippen LogP contribution in [0.25, 0.3) is 0 Å². The molecule has 1 aromatic heterocycles. The minimum absolute atomic E-state index is 0.00592. The quantitative estimate of drug-likeness (QED) is 0.869. The van der Waals surface area contributed by atoms with Crippen LogP contribution in [0.15, 0.2) is 0 Å². The molecule has 2 rings (SSSR count). The lowest BCUT2D eigenvalue weighted by atomic mass is 10.1. The van der Waals surface area contributed by atoms with Crippen LogP contribution in [-0.2, 0) is 11.2 Å². The molecule has 5 heteroatoms. The first kappa shape index (κ1) is 17.6. The summed E-state index contributed by atoms with van der Waals surface area (Å²) in [6.45, 7) is 8.85. The number of aromatic amines is 1. The maximum absolute atomic E-state index is 13.1. The zero-order valence-electron chi connectivity index (χ0n) is 14.9. The number of nitrogens with zero attached hydrogens (tertiary/aromatic N) is 1. The first-order valence-electron chi connectivity index (χ1n) is 8.51. The van der Waals surface area contributed by atoms with E-state index in [0.29, 0.717) is 29.2 Å². The highest BCUT2D eigenvalue weighted by Gasteiger charge is 2.30. The molecule has 1 aromatic rings. The molecule has 0 bridgehead atoms. The average molecular weight is 320 g/mol. The topological polar surface area (TPSA) is 62.4 Å². The van der Waals surface area contributed by atoms with Crippen LogP contribution >= 0.6 is 0 Å². The molecule has 0 aromatic carbocycles. The van der Waals surface area contributed by atoms with Gasteiger partial charge in [0, 0.05) is 18.3 Å². The summed E-state index contributed by atoms with van der Waals surface area (Å²) in [5, 5.41) is 0. The Morgan fingerprint density at radius 1 is 1.30 bits per heavy atom.